The zero-order valence-corrected chi connectivity index (χ0v) is 11.0. The lowest BCUT2D eigenvalue weighted by Gasteiger charge is -2.07. The molecule has 0 bridgehead atoms. The predicted molar refractivity (Wildman–Crippen MR) is 68.5 cm³/mol. The number of rotatable bonds is 8. The Morgan fingerprint density at radius 2 is 2.05 bits per heavy atom. The van der Waals surface area contributed by atoms with Crippen molar-refractivity contribution in [2.45, 2.75) is 19.8 Å². The number of hydrogen-bond acceptors (Lipinski definition) is 9. The average Bonchev–Trinajstić information content (AvgIpc) is 2.43. The molecule has 4 N–H and O–H groups in total. The van der Waals surface area contributed by atoms with Gasteiger partial charge in [-0.05, 0) is 13.3 Å². The van der Waals surface area contributed by atoms with Crippen molar-refractivity contribution in [3.05, 3.63) is 0 Å². The second-order valence-electron chi connectivity index (χ2n) is 3.45. The van der Waals surface area contributed by atoms with Gasteiger partial charge >= 0.3 is 12.0 Å². The number of hydrogen-bond donors (Lipinski definition) is 3. The first kappa shape index (κ1) is 14.9. The van der Waals surface area contributed by atoms with E-state index in [1.165, 1.54) is 7.11 Å². The number of carbonyl (C=O) groups excluding carboxylic acids is 1. The first-order valence-corrected chi connectivity index (χ1v) is 5.85. The molecule has 0 fully saturated rings. The van der Waals surface area contributed by atoms with Gasteiger partial charge in [-0.2, -0.15) is 15.0 Å². The van der Waals surface area contributed by atoms with Crippen LogP contribution in [-0.4, -0.2) is 41.2 Å². The van der Waals surface area contributed by atoms with Gasteiger partial charge < -0.3 is 14.8 Å². The van der Waals surface area contributed by atoms with Gasteiger partial charge in [0, 0.05) is 13.0 Å². The number of anilines is 2. The molecule has 0 amide bonds. The van der Waals surface area contributed by atoms with E-state index in [9.17, 15) is 4.79 Å². The summed E-state index contributed by atoms with van der Waals surface area (Å²) in [6, 6.07) is 0.149. The van der Waals surface area contributed by atoms with Gasteiger partial charge in [0.05, 0.1) is 13.7 Å². The summed E-state index contributed by atoms with van der Waals surface area (Å²) in [5.74, 6) is 5.52. The van der Waals surface area contributed by atoms with Gasteiger partial charge in [0.2, 0.25) is 11.9 Å². The molecule has 1 aromatic rings. The maximum atomic E-state index is 11.1. The molecule has 106 valence electrons. The lowest BCUT2D eigenvalue weighted by atomic mass is 10.3. The highest BCUT2D eigenvalue weighted by atomic mass is 16.5. The molecule has 1 heterocycles. The lowest BCUT2D eigenvalue weighted by molar-refractivity contribution is -0.143. The van der Waals surface area contributed by atoms with Crippen LogP contribution < -0.4 is 21.3 Å². The Labute approximate surface area is 110 Å². The van der Waals surface area contributed by atoms with Crippen molar-refractivity contribution in [1.29, 1.82) is 0 Å². The Kier molecular flexibility index (Phi) is 6.30. The van der Waals surface area contributed by atoms with Crippen LogP contribution >= 0.6 is 0 Å². The minimum absolute atomic E-state index is 0.149. The second-order valence-corrected chi connectivity index (χ2v) is 3.45. The van der Waals surface area contributed by atoms with E-state index < -0.39 is 0 Å². The maximum Gasteiger partial charge on any atom is 0.322 e. The molecule has 0 aliphatic heterocycles. The number of carbonyl (C=O) groups is 1. The first-order valence-electron chi connectivity index (χ1n) is 5.85. The van der Waals surface area contributed by atoms with Crippen molar-refractivity contribution in [3.63, 3.8) is 0 Å². The normalized spacial score (nSPS) is 9.84. The molecule has 9 heteroatoms. The highest BCUT2D eigenvalue weighted by Crippen LogP contribution is 2.09. The third kappa shape index (κ3) is 5.34. The molecule has 0 atom stereocenters. The molecule has 1 rings (SSSR count). The van der Waals surface area contributed by atoms with Crippen LogP contribution in [0.5, 0.6) is 6.01 Å². The second kappa shape index (κ2) is 8.03. The first-order chi connectivity index (χ1) is 9.19. The number of nitrogens with zero attached hydrogens (tertiary/aromatic N) is 3. The van der Waals surface area contributed by atoms with E-state index in [2.05, 4.69) is 25.7 Å². The summed E-state index contributed by atoms with van der Waals surface area (Å²) < 4.78 is 9.71. The number of aromatic nitrogens is 3. The standard InChI is InChI=1S/C10H18N6O3/c1-3-19-7(17)5-4-6-12-8-13-9(16-11)15-10(14-8)18-2/h3-6,11H2,1-2H3,(H2,12,13,14,15,16). The number of hydrazine groups is 1. The van der Waals surface area contributed by atoms with Crippen molar-refractivity contribution >= 4 is 17.9 Å². The Morgan fingerprint density at radius 3 is 2.68 bits per heavy atom. The van der Waals surface area contributed by atoms with E-state index in [0.717, 1.165) is 0 Å². The Hall–Kier alpha value is -2.16. The largest absolute Gasteiger partial charge is 0.467 e. The molecule has 0 saturated heterocycles. The van der Waals surface area contributed by atoms with Crippen molar-refractivity contribution in [1.82, 2.24) is 15.0 Å². The van der Waals surface area contributed by atoms with Gasteiger partial charge in [0.15, 0.2) is 0 Å². The Morgan fingerprint density at radius 1 is 1.32 bits per heavy atom. The minimum Gasteiger partial charge on any atom is -0.467 e. The van der Waals surface area contributed by atoms with E-state index >= 15 is 0 Å². The van der Waals surface area contributed by atoms with Gasteiger partial charge in [-0.25, -0.2) is 5.84 Å². The number of nitrogens with two attached hydrogens (primary N) is 1. The van der Waals surface area contributed by atoms with Crippen molar-refractivity contribution in [3.8, 4) is 6.01 Å². The maximum absolute atomic E-state index is 11.1. The smallest absolute Gasteiger partial charge is 0.322 e. The van der Waals surface area contributed by atoms with Crippen LogP contribution in [0.4, 0.5) is 11.9 Å². The lowest BCUT2D eigenvalue weighted by Crippen LogP contribution is -2.15. The molecule has 0 aliphatic carbocycles. The zero-order valence-electron chi connectivity index (χ0n) is 11.0. The molecule has 19 heavy (non-hydrogen) atoms. The van der Waals surface area contributed by atoms with E-state index in [1.807, 2.05) is 0 Å². The average molecular weight is 270 g/mol. The van der Waals surface area contributed by atoms with Crippen LogP contribution in [0, 0.1) is 0 Å². The van der Waals surface area contributed by atoms with Crippen LogP contribution in [0.25, 0.3) is 0 Å². The van der Waals surface area contributed by atoms with Gasteiger partial charge in [-0.15, -0.1) is 0 Å². The molecule has 1 aromatic heterocycles. The third-order valence-electron chi connectivity index (χ3n) is 2.07. The Balaban J connectivity index is 2.42. The van der Waals surface area contributed by atoms with E-state index in [-0.39, 0.29) is 17.9 Å². The monoisotopic (exact) mass is 270 g/mol. The summed E-state index contributed by atoms with van der Waals surface area (Å²) in [6.07, 6.45) is 0.948. The SMILES string of the molecule is CCOC(=O)CCCNc1nc(NN)nc(OC)n1. The number of methoxy groups -OCH3 is 1. The summed E-state index contributed by atoms with van der Waals surface area (Å²) in [7, 11) is 1.44. The quantitative estimate of drug-likeness (QED) is 0.257. The number of nitrogens with one attached hydrogen (secondary N) is 2. The van der Waals surface area contributed by atoms with Crippen molar-refractivity contribution < 1.29 is 14.3 Å². The van der Waals surface area contributed by atoms with Crippen LogP contribution in [0.15, 0.2) is 0 Å². The fraction of sp³-hybridized carbons (Fsp3) is 0.600. The van der Waals surface area contributed by atoms with Crippen molar-refractivity contribution in [2.24, 2.45) is 5.84 Å². The zero-order chi connectivity index (χ0) is 14.1. The molecule has 9 nitrogen and oxygen atoms in total. The molecule has 0 aromatic carbocycles. The van der Waals surface area contributed by atoms with Crippen molar-refractivity contribution in [2.75, 3.05) is 31.0 Å². The molecule has 0 spiro atoms. The fourth-order valence-corrected chi connectivity index (χ4v) is 1.26. The van der Waals surface area contributed by atoms with Gasteiger partial charge in [-0.1, -0.05) is 0 Å². The summed E-state index contributed by atoms with van der Waals surface area (Å²) >= 11 is 0. The molecule has 0 radical (unpaired) electrons. The fourth-order valence-electron chi connectivity index (χ4n) is 1.26. The number of nitrogen functional groups attached to an aromatic ring is 1. The minimum atomic E-state index is -0.221. The van der Waals surface area contributed by atoms with Crippen LogP contribution in [0.1, 0.15) is 19.8 Å². The van der Waals surface area contributed by atoms with E-state index in [4.69, 9.17) is 15.3 Å². The highest BCUT2D eigenvalue weighted by molar-refractivity contribution is 5.69. The third-order valence-corrected chi connectivity index (χ3v) is 2.07. The van der Waals surface area contributed by atoms with Gasteiger partial charge in [-0.3, -0.25) is 10.2 Å². The van der Waals surface area contributed by atoms with Crippen LogP contribution in [0.2, 0.25) is 0 Å². The van der Waals surface area contributed by atoms with Gasteiger partial charge in [0.25, 0.3) is 0 Å². The van der Waals surface area contributed by atoms with E-state index in [1.54, 1.807) is 6.92 Å². The van der Waals surface area contributed by atoms with Gasteiger partial charge in [0.1, 0.15) is 0 Å². The van der Waals surface area contributed by atoms with Crippen LogP contribution in [-0.2, 0) is 9.53 Å². The highest BCUT2D eigenvalue weighted by Gasteiger charge is 2.06. The summed E-state index contributed by atoms with van der Waals surface area (Å²) in [4.78, 5) is 22.9. The molecular formula is C10H18N6O3. The topological polar surface area (TPSA) is 124 Å². The number of ether oxygens (including phenoxy) is 2. The molecule has 0 aliphatic rings. The summed E-state index contributed by atoms with van der Waals surface area (Å²) in [5.41, 5.74) is 2.31. The molecule has 0 saturated carbocycles. The summed E-state index contributed by atoms with van der Waals surface area (Å²) in [6.45, 7) is 2.69. The van der Waals surface area contributed by atoms with E-state index in [0.29, 0.717) is 31.9 Å². The predicted octanol–water partition coefficient (Wildman–Crippen LogP) is -0.0790. The molecular weight excluding hydrogens is 252 g/mol. The number of esters is 1. The van der Waals surface area contributed by atoms with Crippen LogP contribution in [0.3, 0.4) is 0 Å². The Bertz CT molecular complexity index is 392. The summed E-state index contributed by atoms with van der Waals surface area (Å²) in [5, 5.41) is 2.95. The molecule has 0 unspecified atom stereocenters.